The van der Waals surface area contributed by atoms with Gasteiger partial charge >= 0.3 is 0 Å². The van der Waals surface area contributed by atoms with Crippen molar-refractivity contribution in [2.24, 2.45) is 0 Å². The lowest BCUT2D eigenvalue weighted by molar-refractivity contribution is 0.173. The third-order valence-corrected chi connectivity index (χ3v) is 2.29. The molecule has 1 nitrogen and oxygen atoms in total. The molecule has 0 fully saturated rings. The van der Waals surface area contributed by atoms with Crippen LogP contribution >= 0.6 is 22.6 Å². The first kappa shape index (κ1) is 9.00. The molecule has 0 bridgehead atoms. The van der Waals surface area contributed by atoms with Gasteiger partial charge in [0.15, 0.2) is 0 Å². The van der Waals surface area contributed by atoms with Crippen LogP contribution in [0.15, 0.2) is 24.3 Å². The van der Waals surface area contributed by atoms with Crippen molar-refractivity contribution < 1.29 is 5.11 Å². The predicted molar refractivity (Wildman–Crippen MR) is 54.4 cm³/mol. The van der Waals surface area contributed by atoms with Gasteiger partial charge in [-0.1, -0.05) is 19.1 Å². The smallest absolute Gasteiger partial charge is 0.0787 e. The molecule has 0 unspecified atom stereocenters. The van der Waals surface area contributed by atoms with Crippen LogP contribution in [0.2, 0.25) is 0 Å². The molecule has 11 heavy (non-hydrogen) atoms. The maximum atomic E-state index is 9.45. The molecule has 0 amide bonds. The molecule has 1 rings (SSSR count). The van der Waals surface area contributed by atoms with Crippen molar-refractivity contribution in [3.63, 3.8) is 0 Å². The van der Waals surface area contributed by atoms with E-state index in [-0.39, 0.29) is 6.10 Å². The normalized spacial score (nSPS) is 13.0. The van der Waals surface area contributed by atoms with Crippen LogP contribution in [0.5, 0.6) is 0 Å². The van der Waals surface area contributed by atoms with Crippen LogP contribution in [0.4, 0.5) is 0 Å². The molecule has 0 aromatic heterocycles. The van der Waals surface area contributed by atoms with Gasteiger partial charge in [-0.3, -0.25) is 0 Å². The Bertz CT molecular complexity index is 235. The van der Waals surface area contributed by atoms with Gasteiger partial charge in [-0.2, -0.15) is 0 Å². The van der Waals surface area contributed by atoms with Crippen molar-refractivity contribution in [3.05, 3.63) is 33.4 Å². The van der Waals surface area contributed by atoms with Crippen molar-refractivity contribution in [1.29, 1.82) is 0 Å². The number of hydrogen-bond acceptors (Lipinski definition) is 1. The minimum atomic E-state index is -0.301. The third-order valence-electron chi connectivity index (χ3n) is 1.62. The molecule has 0 heterocycles. The fourth-order valence-electron chi connectivity index (χ4n) is 0.950. The molecular weight excluding hydrogens is 251 g/mol. The van der Waals surface area contributed by atoms with Crippen LogP contribution in [0.1, 0.15) is 25.0 Å². The average molecular weight is 262 g/mol. The Balaban J connectivity index is 2.86. The summed E-state index contributed by atoms with van der Waals surface area (Å²) in [5.41, 5.74) is 1.01. The first-order valence-electron chi connectivity index (χ1n) is 3.67. The number of aliphatic hydroxyl groups excluding tert-OH is 1. The second-order valence-corrected chi connectivity index (χ2v) is 3.72. The van der Waals surface area contributed by atoms with Crippen molar-refractivity contribution in [3.8, 4) is 0 Å². The topological polar surface area (TPSA) is 20.2 Å². The zero-order chi connectivity index (χ0) is 8.27. The first-order chi connectivity index (χ1) is 5.24. The van der Waals surface area contributed by atoms with E-state index in [0.29, 0.717) is 0 Å². The maximum absolute atomic E-state index is 9.45. The summed E-state index contributed by atoms with van der Waals surface area (Å²) in [5.74, 6) is 0. The van der Waals surface area contributed by atoms with E-state index in [1.54, 1.807) is 0 Å². The average Bonchev–Trinajstić information content (AvgIpc) is 2.03. The summed E-state index contributed by atoms with van der Waals surface area (Å²) in [6.07, 6.45) is 0.477. The number of halogens is 1. The molecule has 1 aromatic carbocycles. The summed E-state index contributed by atoms with van der Waals surface area (Å²) >= 11 is 2.24. The van der Waals surface area contributed by atoms with Crippen LogP contribution in [0.3, 0.4) is 0 Å². The Labute approximate surface area is 80.6 Å². The van der Waals surface area contributed by atoms with Gasteiger partial charge in [0, 0.05) is 3.57 Å². The Morgan fingerprint density at radius 2 is 2.27 bits per heavy atom. The quantitative estimate of drug-likeness (QED) is 0.812. The van der Waals surface area contributed by atoms with Gasteiger partial charge in [0.05, 0.1) is 6.10 Å². The van der Waals surface area contributed by atoms with Crippen LogP contribution in [0, 0.1) is 3.57 Å². The van der Waals surface area contributed by atoms with E-state index >= 15 is 0 Å². The minimum Gasteiger partial charge on any atom is -0.388 e. The highest BCUT2D eigenvalue weighted by Gasteiger charge is 2.03. The summed E-state index contributed by atoms with van der Waals surface area (Å²) in [7, 11) is 0. The molecule has 60 valence electrons. The molecule has 0 saturated heterocycles. The molecule has 0 aliphatic rings. The minimum absolute atomic E-state index is 0.301. The molecule has 1 atom stereocenters. The predicted octanol–water partition coefficient (Wildman–Crippen LogP) is 2.73. The summed E-state index contributed by atoms with van der Waals surface area (Å²) in [4.78, 5) is 0. The number of benzene rings is 1. The van der Waals surface area contributed by atoms with Crippen molar-refractivity contribution in [1.82, 2.24) is 0 Å². The van der Waals surface area contributed by atoms with Gasteiger partial charge in [0.25, 0.3) is 0 Å². The summed E-state index contributed by atoms with van der Waals surface area (Å²) in [5, 5.41) is 9.45. The lowest BCUT2D eigenvalue weighted by Gasteiger charge is -2.07. The monoisotopic (exact) mass is 262 g/mol. The Morgan fingerprint density at radius 1 is 1.55 bits per heavy atom. The SMILES string of the molecule is CC[C@@H](O)c1cccc(I)c1. The molecule has 2 heteroatoms. The van der Waals surface area contributed by atoms with E-state index in [1.807, 2.05) is 31.2 Å². The summed E-state index contributed by atoms with van der Waals surface area (Å²) in [6, 6.07) is 7.95. The van der Waals surface area contributed by atoms with E-state index in [4.69, 9.17) is 0 Å². The first-order valence-corrected chi connectivity index (χ1v) is 4.75. The zero-order valence-electron chi connectivity index (χ0n) is 6.42. The van der Waals surface area contributed by atoms with E-state index in [9.17, 15) is 5.11 Å². The van der Waals surface area contributed by atoms with Crippen LogP contribution in [-0.4, -0.2) is 5.11 Å². The number of hydrogen-bond donors (Lipinski definition) is 1. The fraction of sp³-hybridized carbons (Fsp3) is 0.333. The van der Waals surface area contributed by atoms with E-state index < -0.39 is 0 Å². The van der Waals surface area contributed by atoms with Crippen LogP contribution in [-0.2, 0) is 0 Å². The van der Waals surface area contributed by atoms with Gasteiger partial charge in [0.1, 0.15) is 0 Å². The lowest BCUT2D eigenvalue weighted by atomic mass is 10.1. The second kappa shape index (κ2) is 4.07. The molecule has 0 aliphatic carbocycles. The highest BCUT2D eigenvalue weighted by atomic mass is 127. The molecule has 0 aliphatic heterocycles. The molecule has 0 saturated carbocycles. The third kappa shape index (κ3) is 2.45. The second-order valence-electron chi connectivity index (χ2n) is 2.48. The number of aliphatic hydroxyl groups is 1. The fourth-order valence-corrected chi connectivity index (χ4v) is 1.52. The Hall–Kier alpha value is -0.0900. The summed E-state index contributed by atoms with van der Waals surface area (Å²) < 4.78 is 1.17. The molecular formula is C9H11IO. The van der Waals surface area contributed by atoms with Gasteiger partial charge in [-0.05, 0) is 46.7 Å². The highest BCUT2D eigenvalue weighted by molar-refractivity contribution is 14.1. The van der Waals surface area contributed by atoms with Crippen molar-refractivity contribution >= 4 is 22.6 Å². The molecule has 1 aromatic rings. The number of rotatable bonds is 2. The van der Waals surface area contributed by atoms with Gasteiger partial charge < -0.3 is 5.11 Å². The highest BCUT2D eigenvalue weighted by Crippen LogP contribution is 2.17. The zero-order valence-corrected chi connectivity index (χ0v) is 8.58. The van der Waals surface area contributed by atoms with Crippen molar-refractivity contribution in [2.75, 3.05) is 0 Å². The Morgan fingerprint density at radius 3 is 2.82 bits per heavy atom. The van der Waals surface area contributed by atoms with E-state index in [1.165, 1.54) is 3.57 Å². The van der Waals surface area contributed by atoms with Gasteiger partial charge in [-0.25, -0.2) is 0 Å². The molecule has 0 spiro atoms. The molecule has 0 radical (unpaired) electrons. The van der Waals surface area contributed by atoms with Crippen LogP contribution in [0.25, 0.3) is 0 Å². The lowest BCUT2D eigenvalue weighted by Crippen LogP contribution is -1.94. The largest absolute Gasteiger partial charge is 0.388 e. The molecule has 1 N–H and O–H groups in total. The van der Waals surface area contributed by atoms with E-state index in [2.05, 4.69) is 22.6 Å². The van der Waals surface area contributed by atoms with Gasteiger partial charge in [0.2, 0.25) is 0 Å². The van der Waals surface area contributed by atoms with E-state index in [0.717, 1.165) is 12.0 Å². The standard InChI is InChI=1S/C9H11IO/c1-2-9(11)7-4-3-5-8(10)6-7/h3-6,9,11H,2H2,1H3/t9-/m1/s1. The Kier molecular flexibility index (Phi) is 3.33. The van der Waals surface area contributed by atoms with Gasteiger partial charge in [-0.15, -0.1) is 0 Å². The van der Waals surface area contributed by atoms with Crippen LogP contribution < -0.4 is 0 Å². The summed E-state index contributed by atoms with van der Waals surface area (Å²) in [6.45, 7) is 1.98. The van der Waals surface area contributed by atoms with Crippen molar-refractivity contribution in [2.45, 2.75) is 19.4 Å². The maximum Gasteiger partial charge on any atom is 0.0787 e.